The first-order valence-corrected chi connectivity index (χ1v) is 5.68. The van der Waals surface area contributed by atoms with Gasteiger partial charge in [-0.25, -0.2) is 4.39 Å². The van der Waals surface area contributed by atoms with Gasteiger partial charge in [0.2, 0.25) is 0 Å². The van der Waals surface area contributed by atoms with Crippen molar-refractivity contribution in [1.82, 2.24) is 0 Å². The topological polar surface area (TPSA) is 39.2 Å². The number of nitrogens with two attached hydrogens (primary N) is 1. The molecule has 0 aliphatic rings. The predicted octanol–water partition coefficient (Wildman–Crippen LogP) is 3.87. The maximum atomic E-state index is 13.3. The molecule has 0 amide bonds. The normalized spacial score (nSPS) is 12.8. The minimum atomic E-state index is -0.309. The van der Waals surface area contributed by atoms with Crippen molar-refractivity contribution in [1.29, 1.82) is 0 Å². The lowest BCUT2D eigenvalue weighted by Gasteiger charge is -2.01. The van der Waals surface area contributed by atoms with Crippen LogP contribution in [0.25, 0.3) is 11.3 Å². The molecule has 16 heavy (non-hydrogen) atoms. The average Bonchev–Trinajstić information content (AvgIpc) is 2.71. The van der Waals surface area contributed by atoms with Crippen LogP contribution in [0, 0.1) is 5.82 Å². The summed E-state index contributed by atoms with van der Waals surface area (Å²) in [7, 11) is 0. The summed E-state index contributed by atoms with van der Waals surface area (Å²) in [4.78, 5) is 0. The van der Waals surface area contributed by atoms with Gasteiger partial charge in [-0.1, -0.05) is 0 Å². The second-order valence-electron chi connectivity index (χ2n) is 3.62. The van der Waals surface area contributed by atoms with Gasteiger partial charge in [0.15, 0.2) is 0 Å². The van der Waals surface area contributed by atoms with Gasteiger partial charge in [-0.3, -0.25) is 0 Å². The minimum Gasteiger partial charge on any atom is -0.459 e. The Morgan fingerprint density at radius 3 is 2.62 bits per heavy atom. The molecule has 1 aromatic heterocycles. The molecule has 0 fully saturated rings. The van der Waals surface area contributed by atoms with Crippen molar-refractivity contribution in [3.8, 4) is 11.3 Å². The van der Waals surface area contributed by atoms with E-state index in [1.807, 2.05) is 6.92 Å². The highest BCUT2D eigenvalue weighted by Crippen LogP contribution is 2.27. The number of halogens is 2. The van der Waals surface area contributed by atoms with E-state index in [4.69, 9.17) is 10.2 Å². The Hall–Kier alpha value is -1.13. The SMILES string of the molecule is CC(N)c1ccc(-c2ccc(Br)c(F)c2)o1. The number of hydrogen-bond donors (Lipinski definition) is 1. The zero-order chi connectivity index (χ0) is 11.7. The van der Waals surface area contributed by atoms with Gasteiger partial charge in [-0.2, -0.15) is 0 Å². The maximum Gasteiger partial charge on any atom is 0.138 e. The van der Waals surface area contributed by atoms with E-state index in [0.29, 0.717) is 21.6 Å². The van der Waals surface area contributed by atoms with Crippen LogP contribution in [0.15, 0.2) is 39.2 Å². The van der Waals surface area contributed by atoms with Crippen LogP contribution in [0.2, 0.25) is 0 Å². The fraction of sp³-hybridized carbons (Fsp3) is 0.167. The third kappa shape index (κ3) is 2.18. The summed E-state index contributed by atoms with van der Waals surface area (Å²) >= 11 is 3.10. The van der Waals surface area contributed by atoms with Gasteiger partial charge in [0.25, 0.3) is 0 Å². The molecule has 0 saturated heterocycles. The van der Waals surface area contributed by atoms with Gasteiger partial charge in [0.05, 0.1) is 10.5 Å². The average molecular weight is 284 g/mol. The van der Waals surface area contributed by atoms with E-state index in [-0.39, 0.29) is 11.9 Å². The van der Waals surface area contributed by atoms with Gasteiger partial charge in [-0.15, -0.1) is 0 Å². The molecule has 0 spiro atoms. The largest absolute Gasteiger partial charge is 0.459 e. The molecule has 0 radical (unpaired) electrons. The van der Waals surface area contributed by atoms with Crippen LogP contribution in [0.5, 0.6) is 0 Å². The lowest BCUT2D eigenvalue weighted by molar-refractivity contribution is 0.490. The Labute approximate surface area is 101 Å². The van der Waals surface area contributed by atoms with Crippen molar-refractivity contribution in [3.05, 3.63) is 46.4 Å². The van der Waals surface area contributed by atoms with E-state index in [1.54, 1.807) is 24.3 Å². The molecule has 0 aliphatic carbocycles. The molecule has 2 nitrogen and oxygen atoms in total. The van der Waals surface area contributed by atoms with Crippen LogP contribution >= 0.6 is 15.9 Å². The molecule has 2 aromatic rings. The molecular formula is C12H11BrFNO. The smallest absolute Gasteiger partial charge is 0.138 e. The van der Waals surface area contributed by atoms with Crippen LogP contribution in [-0.2, 0) is 0 Å². The number of benzene rings is 1. The van der Waals surface area contributed by atoms with Crippen LogP contribution < -0.4 is 5.73 Å². The van der Waals surface area contributed by atoms with Crippen molar-refractivity contribution >= 4 is 15.9 Å². The number of furan rings is 1. The summed E-state index contributed by atoms with van der Waals surface area (Å²) in [6, 6.07) is 8.30. The molecule has 2 rings (SSSR count). The lowest BCUT2D eigenvalue weighted by atomic mass is 10.2. The Balaban J connectivity index is 2.39. The van der Waals surface area contributed by atoms with Crippen LogP contribution in [0.1, 0.15) is 18.7 Å². The van der Waals surface area contributed by atoms with Crippen molar-refractivity contribution in [2.45, 2.75) is 13.0 Å². The summed E-state index contributed by atoms with van der Waals surface area (Å²) in [5.41, 5.74) is 6.39. The van der Waals surface area contributed by atoms with Crippen LogP contribution in [0.4, 0.5) is 4.39 Å². The lowest BCUT2D eigenvalue weighted by Crippen LogP contribution is -2.02. The Bertz CT molecular complexity index is 507. The standard InChI is InChI=1S/C12H11BrFNO/c1-7(15)11-4-5-12(16-11)8-2-3-9(13)10(14)6-8/h2-7H,15H2,1H3. The predicted molar refractivity (Wildman–Crippen MR) is 64.4 cm³/mol. The highest BCUT2D eigenvalue weighted by molar-refractivity contribution is 9.10. The van der Waals surface area contributed by atoms with Gasteiger partial charge in [0.1, 0.15) is 17.3 Å². The molecule has 1 aromatic carbocycles. The van der Waals surface area contributed by atoms with Crippen LogP contribution in [-0.4, -0.2) is 0 Å². The van der Waals surface area contributed by atoms with Crippen LogP contribution in [0.3, 0.4) is 0 Å². The highest BCUT2D eigenvalue weighted by atomic mass is 79.9. The van der Waals surface area contributed by atoms with Gasteiger partial charge >= 0.3 is 0 Å². The van der Waals surface area contributed by atoms with Gasteiger partial charge < -0.3 is 10.2 Å². The van der Waals surface area contributed by atoms with Crippen molar-refractivity contribution in [3.63, 3.8) is 0 Å². The molecule has 0 aliphatic heterocycles. The van der Waals surface area contributed by atoms with Crippen molar-refractivity contribution in [2.75, 3.05) is 0 Å². The summed E-state index contributed by atoms with van der Waals surface area (Å²) in [5.74, 6) is 1.01. The summed E-state index contributed by atoms with van der Waals surface area (Å²) in [6.45, 7) is 1.84. The van der Waals surface area contributed by atoms with Crippen molar-refractivity contribution in [2.24, 2.45) is 5.73 Å². The van der Waals surface area contributed by atoms with E-state index in [1.165, 1.54) is 6.07 Å². The third-order valence-corrected chi connectivity index (χ3v) is 2.92. The second-order valence-corrected chi connectivity index (χ2v) is 4.47. The Morgan fingerprint density at radius 2 is 2.06 bits per heavy atom. The third-order valence-electron chi connectivity index (χ3n) is 2.28. The molecule has 4 heteroatoms. The number of rotatable bonds is 2. The van der Waals surface area contributed by atoms with Gasteiger partial charge in [0, 0.05) is 5.56 Å². The van der Waals surface area contributed by atoms with E-state index in [0.717, 1.165) is 0 Å². The Kier molecular flexibility index (Phi) is 3.12. The number of hydrogen-bond acceptors (Lipinski definition) is 2. The van der Waals surface area contributed by atoms with E-state index in [9.17, 15) is 4.39 Å². The van der Waals surface area contributed by atoms with Gasteiger partial charge in [-0.05, 0) is 53.2 Å². The first-order chi connectivity index (χ1) is 7.58. The maximum absolute atomic E-state index is 13.3. The fourth-order valence-electron chi connectivity index (χ4n) is 1.40. The van der Waals surface area contributed by atoms with E-state index >= 15 is 0 Å². The van der Waals surface area contributed by atoms with E-state index < -0.39 is 0 Å². The molecule has 84 valence electrons. The quantitative estimate of drug-likeness (QED) is 0.909. The molecular weight excluding hydrogens is 273 g/mol. The molecule has 0 saturated carbocycles. The fourth-order valence-corrected chi connectivity index (χ4v) is 1.65. The zero-order valence-corrected chi connectivity index (χ0v) is 10.3. The highest BCUT2D eigenvalue weighted by Gasteiger charge is 2.09. The molecule has 1 heterocycles. The Morgan fingerprint density at radius 1 is 1.31 bits per heavy atom. The summed E-state index contributed by atoms with van der Waals surface area (Å²) in [5, 5.41) is 0. The summed E-state index contributed by atoms with van der Waals surface area (Å²) in [6.07, 6.45) is 0. The zero-order valence-electron chi connectivity index (χ0n) is 8.71. The van der Waals surface area contributed by atoms with Crippen molar-refractivity contribution < 1.29 is 8.81 Å². The minimum absolute atomic E-state index is 0.158. The molecule has 1 atom stereocenters. The van der Waals surface area contributed by atoms with E-state index in [2.05, 4.69) is 15.9 Å². The molecule has 1 unspecified atom stereocenters. The summed E-state index contributed by atoms with van der Waals surface area (Å²) < 4.78 is 19.3. The first-order valence-electron chi connectivity index (χ1n) is 4.88. The molecule has 2 N–H and O–H groups in total. The second kappa shape index (κ2) is 4.39. The monoisotopic (exact) mass is 283 g/mol. The first kappa shape index (κ1) is 11.4. The molecule has 0 bridgehead atoms.